The first-order valence-corrected chi connectivity index (χ1v) is 5.19. The van der Waals surface area contributed by atoms with E-state index in [4.69, 9.17) is 9.47 Å². The summed E-state index contributed by atoms with van der Waals surface area (Å²) in [5.74, 6) is -0.327. The van der Waals surface area contributed by atoms with Crippen molar-refractivity contribution in [1.29, 1.82) is 0 Å². The van der Waals surface area contributed by atoms with Crippen LogP contribution in [0.2, 0.25) is 0 Å². The summed E-state index contributed by atoms with van der Waals surface area (Å²) < 4.78 is 24.8. The number of carbonyl (C=O) groups is 1. The zero-order valence-electron chi connectivity index (χ0n) is 9.57. The first kappa shape index (κ1) is 11.4. The number of nitrogens with zero attached hydrogens (tertiary/aromatic N) is 1. The summed E-state index contributed by atoms with van der Waals surface area (Å²) in [7, 11) is 1.40. The smallest absolute Gasteiger partial charge is 0.418 e. The lowest BCUT2D eigenvalue weighted by Crippen LogP contribution is -2.12. The van der Waals surface area contributed by atoms with E-state index in [0.717, 1.165) is 0 Å². The zero-order valence-corrected chi connectivity index (χ0v) is 9.57. The summed E-state index contributed by atoms with van der Waals surface area (Å²) >= 11 is 0. The van der Waals surface area contributed by atoms with E-state index in [1.54, 1.807) is 13.0 Å². The van der Waals surface area contributed by atoms with Crippen molar-refractivity contribution < 1.29 is 18.7 Å². The first-order valence-electron chi connectivity index (χ1n) is 5.19. The van der Waals surface area contributed by atoms with E-state index >= 15 is 0 Å². The SMILES string of the molecule is CCOC(=O)n1ccc2c(F)c(OC)ccc21. The fourth-order valence-electron chi connectivity index (χ4n) is 1.67. The molecule has 1 heterocycles. The molecule has 1 aromatic heterocycles. The highest BCUT2D eigenvalue weighted by Crippen LogP contribution is 2.27. The van der Waals surface area contributed by atoms with Gasteiger partial charge in [0, 0.05) is 11.6 Å². The molecular formula is C12H12FNO3. The van der Waals surface area contributed by atoms with Crippen LogP contribution in [0.15, 0.2) is 24.4 Å². The van der Waals surface area contributed by atoms with Gasteiger partial charge in [-0.05, 0) is 25.1 Å². The van der Waals surface area contributed by atoms with Crippen molar-refractivity contribution in [2.75, 3.05) is 13.7 Å². The minimum atomic E-state index is -0.521. The summed E-state index contributed by atoms with van der Waals surface area (Å²) in [4.78, 5) is 11.6. The number of methoxy groups -OCH3 is 1. The number of ether oxygens (including phenoxy) is 2. The van der Waals surface area contributed by atoms with Gasteiger partial charge in [-0.3, -0.25) is 4.57 Å². The van der Waals surface area contributed by atoms with Crippen molar-refractivity contribution in [3.8, 4) is 5.75 Å². The maximum Gasteiger partial charge on any atom is 0.418 e. The van der Waals surface area contributed by atoms with Crippen molar-refractivity contribution in [3.63, 3.8) is 0 Å². The summed E-state index contributed by atoms with van der Waals surface area (Å²) in [6.45, 7) is 1.99. The average Bonchev–Trinajstić information content (AvgIpc) is 2.74. The maximum atomic E-state index is 13.8. The molecular weight excluding hydrogens is 225 g/mol. The van der Waals surface area contributed by atoms with E-state index in [0.29, 0.717) is 10.9 Å². The number of halogens is 1. The zero-order chi connectivity index (χ0) is 12.4. The van der Waals surface area contributed by atoms with Crippen LogP contribution in [0.4, 0.5) is 9.18 Å². The van der Waals surface area contributed by atoms with Gasteiger partial charge in [0.25, 0.3) is 0 Å². The lowest BCUT2D eigenvalue weighted by molar-refractivity contribution is 0.155. The third kappa shape index (κ3) is 1.84. The third-order valence-corrected chi connectivity index (χ3v) is 2.46. The number of hydrogen-bond donors (Lipinski definition) is 0. The molecule has 0 atom stereocenters. The topological polar surface area (TPSA) is 40.5 Å². The molecule has 90 valence electrons. The number of rotatable bonds is 2. The summed E-state index contributed by atoms with van der Waals surface area (Å²) in [6, 6.07) is 4.62. The predicted octanol–water partition coefficient (Wildman–Crippen LogP) is 2.79. The molecule has 0 fully saturated rings. The van der Waals surface area contributed by atoms with Gasteiger partial charge in [-0.15, -0.1) is 0 Å². The number of hydrogen-bond acceptors (Lipinski definition) is 3. The monoisotopic (exact) mass is 237 g/mol. The van der Waals surface area contributed by atoms with E-state index in [2.05, 4.69) is 0 Å². The quantitative estimate of drug-likeness (QED) is 0.806. The predicted molar refractivity (Wildman–Crippen MR) is 60.9 cm³/mol. The van der Waals surface area contributed by atoms with E-state index in [-0.39, 0.29) is 12.4 Å². The van der Waals surface area contributed by atoms with Gasteiger partial charge in [-0.2, -0.15) is 0 Å². The number of carbonyl (C=O) groups excluding carboxylic acids is 1. The van der Waals surface area contributed by atoms with E-state index in [1.807, 2.05) is 0 Å². The van der Waals surface area contributed by atoms with Crippen LogP contribution in [0.1, 0.15) is 6.92 Å². The molecule has 4 nitrogen and oxygen atoms in total. The number of fused-ring (bicyclic) bond motifs is 1. The maximum absolute atomic E-state index is 13.8. The second-order valence-corrected chi connectivity index (χ2v) is 3.40. The largest absolute Gasteiger partial charge is 0.494 e. The number of benzene rings is 1. The highest BCUT2D eigenvalue weighted by Gasteiger charge is 2.14. The van der Waals surface area contributed by atoms with Crippen molar-refractivity contribution in [2.45, 2.75) is 6.92 Å². The van der Waals surface area contributed by atoms with Gasteiger partial charge in [0.2, 0.25) is 0 Å². The first-order chi connectivity index (χ1) is 8.19. The Hall–Kier alpha value is -2.04. The molecule has 5 heteroatoms. The molecule has 0 unspecified atom stereocenters. The molecule has 0 bridgehead atoms. The molecule has 0 aliphatic rings. The van der Waals surface area contributed by atoms with Crippen LogP contribution in [0.25, 0.3) is 10.9 Å². The highest BCUT2D eigenvalue weighted by atomic mass is 19.1. The summed E-state index contributed by atoms with van der Waals surface area (Å²) in [5, 5.41) is 0.331. The minimum absolute atomic E-state index is 0.152. The minimum Gasteiger partial charge on any atom is -0.494 e. The van der Waals surface area contributed by atoms with Crippen LogP contribution in [0.3, 0.4) is 0 Å². The molecule has 0 amide bonds. The van der Waals surface area contributed by atoms with Gasteiger partial charge in [0.1, 0.15) is 0 Å². The average molecular weight is 237 g/mol. The Morgan fingerprint density at radius 2 is 2.18 bits per heavy atom. The Morgan fingerprint density at radius 1 is 1.41 bits per heavy atom. The van der Waals surface area contributed by atoms with Gasteiger partial charge in [-0.1, -0.05) is 0 Å². The van der Waals surface area contributed by atoms with Crippen LogP contribution in [0.5, 0.6) is 5.75 Å². The second kappa shape index (κ2) is 4.45. The molecule has 0 radical (unpaired) electrons. The van der Waals surface area contributed by atoms with Crippen molar-refractivity contribution >= 4 is 17.0 Å². The molecule has 0 aliphatic carbocycles. The fourth-order valence-corrected chi connectivity index (χ4v) is 1.67. The molecule has 2 aromatic rings. The van der Waals surface area contributed by atoms with E-state index in [1.165, 1.54) is 30.0 Å². The molecule has 0 saturated carbocycles. The Balaban J connectivity index is 2.55. The Kier molecular flexibility index (Phi) is 2.99. The molecule has 0 saturated heterocycles. The van der Waals surface area contributed by atoms with Crippen molar-refractivity contribution in [1.82, 2.24) is 4.57 Å². The highest BCUT2D eigenvalue weighted by molar-refractivity contribution is 5.90. The Bertz CT molecular complexity index is 562. The van der Waals surface area contributed by atoms with Crippen molar-refractivity contribution in [3.05, 3.63) is 30.2 Å². The van der Waals surface area contributed by atoms with E-state index < -0.39 is 11.9 Å². The summed E-state index contributed by atoms with van der Waals surface area (Å²) in [6.07, 6.45) is 0.956. The van der Waals surface area contributed by atoms with Crippen LogP contribution < -0.4 is 4.74 Å². The van der Waals surface area contributed by atoms with Crippen LogP contribution in [0, 0.1) is 5.82 Å². The van der Waals surface area contributed by atoms with E-state index in [9.17, 15) is 9.18 Å². The Labute approximate surface area is 97.5 Å². The molecule has 0 N–H and O–H groups in total. The molecule has 0 spiro atoms. The molecule has 2 rings (SSSR count). The van der Waals surface area contributed by atoms with Gasteiger partial charge in [0.15, 0.2) is 11.6 Å². The van der Waals surface area contributed by atoms with Gasteiger partial charge < -0.3 is 9.47 Å². The van der Waals surface area contributed by atoms with Gasteiger partial charge >= 0.3 is 6.09 Å². The lowest BCUT2D eigenvalue weighted by atomic mass is 10.2. The molecule has 1 aromatic carbocycles. The van der Waals surface area contributed by atoms with Crippen LogP contribution >= 0.6 is 0 Å². The molecule has 17 heavy (non-hydrogen) atoms. The van der Waals surface area contributed by atoms with Crippen LogP contribution in [-0.4, -0.2) is 24.4 Å². The van der Waals surface area contributed by atoms with Gasteiger partial charge in [0.05, 0.1) is 19.2 Å². The summed E-state index contributed by atoms with van der Waals surface area (Å²) in [5.41, 5.74) is 0.460. The molecule has 0 aliphatic heterocycles. The standard InChI is InChI=1S/C12H12FNO3/c1-3-17-12(15)14-7-6-8-9(14)4-5-10(16-2)11(8)13/h4-7H,3H2,1-2H3. The van der Waals surface area contributed by atoms with Crippen molar-refractivity contribution in [2.24, 2.45) is 0 Å². The lowest BCUT2D eigenvalue weighted by Gasteiger charge is -2.05. The van der Waals surface area contributed by atoms with Crippen LogP contribution in [-0.2, 0) is 4.74 Å². The normalized spacial score (nSPS) is 10.5. The number of aromatic nitrogens is 1. The Morgan fingerprint density at radius 3 is 2.82 bits per heavy atom. The second-order valence-electron chi connectivity index (χ2n) is 3.40. The fraction of sp³-hybridized carbons (Fsp3) is 0.250. The van der Waals surface area contributed by atoms with Gasteiger partial charge in [-0.25, -0.2) is 9.18 Å². The third-order valence-electron chi connectivity index (χ3n) is 2.46.